The second-order valence-corrected chi connectivity index (χ2v) is 7.80. The number of hydrogen-bond acceptors (Lipinski definition) is 7. The van der Waals surface area contributed by atoms with Crippen LogP contribution in [0.3, 0.4) is 0 Å². The molecule has 0 amide bonds. The molecule has 3 rings (SSSR count). The van der Waals surface area contributed by atoms with Gasteiger partial charge in [-0.25, -0.2) is 9.97 Å². The topological polar surface area (TPSA) is 91.1 Å². The molecule has 0 bridgehead atoms. The summed E-state index contributed by atoms with van der Waals surface area (Å²) in [7, 11) is 0. The van der Waals surface area contributed by atoms with Gasteiger partial charge in [0.25, 0.3) is 0 Å². The fraction of sp³-hybridized carbons (Fsp3) is 0.565. The van der Waals surface area contributed by atoms with Crippen LogP contribution in [0.2, 0.25) is 0 Å². The van der Waals surface area contributed by atoms with Crippen molar-refractivity contribution in [3.05, 3.63) is 30.0 Å². The van der Waals surface area contributed by atoms with Crippen LogP contribution in [0.5, 0.6) is 0 Å². The summed E-state index contributed by atoms with van der Waals surface area (Å²) in [5.41, 5.74) is 1.82. The first-order chi connectivity index (χ1) is 14.6. The van der Waals surface area contributed by atoms with E-state index in [4.69, 9.17) is 14.7 Å². The summed E-state index contributed by atoms with van der Waals surface area (Å²) < 4.78 is 5.53. The molecule has 30 heavy (non-hydrogen) atoms. The van der Waals surface area contributed by atoms with E-state index in [1.165, 1.54) is 0 Å². The van der Waals surface area contributed by atoms with E-state index in [1.807, 2.05) is 24.3 Å². The number of rotatable bonds is 8. The Hall–Kier alpha value is -2.72. The summed E-state index contributed by atoms with van der Waals surface area (Å²) >= 11 is 0. The highest BCUT2D eigenvalue weighted by Gasteiger charge is 2.31. The van der Waals surface area contributed by atoms with Gasteiger partial charge in [0, 0.05) is 25.7 Å². The van der Waals surface area contributed by atoms with Gasteiger partial charge >= 0.3 is 5.97 Å². The number of nitrogens with zero attached hydrogens (tertiary/aromatic N) is 4. The maximum Gasteiger partial charge on any atom is 0.329 e. The van der Waals surface area contributed by atoms with Crippen molar-refractivity contribution in [2.75, 3.05) is 31.1 Å². The van der Waals surface area contributed by atoms with Gasteiger partial charge in [0.2, 0.25) is 0 Å². The zero-order valence-electron chi connectivity index (χ0n) is 18.1. The predicted molar refractivity (Wildman–Crippen MR) is 117 cm³/mol. The van der Waals surface area contributed by atoms with Gasteiger partial charge in [0.15, 0.2) is 11.7 Å². The summed E-state index contributed by atoms with van der Waals surface area (Å²) in [6.07, 6.45) is 2.86. The third kappa shape index (κ3) is 4.88. The monoisotopic (exact) mass is 409 g/mol. The van der Waals surface area contributed by atoms with E-state index >= 15 is 0 Å². The van der Waals surface area contributed by atoms with Gasteiger partial charge in [0.1, 0.15) is 5.69 Å². The number of nitrogens with one attached hydrogen (secondary N) is 1. The van der Waals surface area contributed by atoms with Gasteiger partial charge in [-0.15, -0.1) is 0 Å². The number of carbonyl (C=O) groups excluding carboxylic acids is 1. The molecule has 1 fully saturated rings. The second-order valence-electron chi connectivity index (χ2n) is 7.80. The van der Waals surface area contributed by atoms with Gasteiger partial charge in [-0.3, -0.25) is 4.79 Å². The van der Waals surface area contributed by atoms with E-state index in [0.29, 0.717) is 35.6 Å². The van der Waals surface area contributed by atoms with Crippen molar-refractivity contribution < 1.29 is 9.53 Å². The van der Waals surface area contributed by atoms with Gasteiger partial charge in [-0.05, 0) is 24.5 Å². The summed E-state index contributed by atoms with van der Waals surface area (Å²) in [5, 5.41) is 13.4. The lowest BCUT2D eigenvalue weighted by atomic mass is 10.0. The molecule has 0 spiro atoms. The minimum atomic E-state index is -1.10. The normalized spacial score (nSPS) is 17.7. The average Bonchev–Trinajstić information content (AvgIpc) is 2.79. The quantitative estimate of drug-likeness (QED) is 0.668. The van der Waals surface area contributed by atoms with Gasteiger partial charge in [0.05, 0.1) is 23.7 Å². The molecular formula is C23H31N5O2. The number of carbonyl (C=O) groups is 1. The minimum Gasteiger partial charge on any atom is -0.464 e. The lowest BCUT2D eigenvalue weighted by molar-refractivity contribution is -0.145. The van der Waals surface area contributed by atoms with Crippen LogP contribution in [-0.4, -0.2) is 48.2 Å². The Morgan fingerprint density at radius 1 is 1.27 bits per heavy atom. The van der Waals surface area contributed by atoms with Crippen molar-refractivity contribution in [1.29, 1.82) is 5.26 Å². The maximum atomic E-state index is 12.9. The zero-order valence-corrected chi connectivity index (χ0v) is 18.1. The highest BCUT2D eigenvalue weighted by Crippen LogP contribution is 2.29. The first kappa shape index (κ1) is 22.0. The molecule has 1 saturated heterocycles. The van der Waals surface area contributed by atoms with Crippen molar-refractivity contribution in [3.8, 4) is 6.07 Å². The number of para-hydroxylation sites is 2. The number of benzene rings is 1. The third-order valence-electron chi connectivity index (χ3n) is 5.88. The molecule has 1 unspecified atom stereocenters. The summed E-state index contributed by atoms with van der Waals surface area (Å²) in [6, 6.07) is 10.0. The molecule has 0 saturated carbocycles. The second kappa shape index (κ2) is 10.4. The molecule has 0 radical (unpaired) electrons. The van der Waals surface area contributed by atoms with Crippen LogP contribution in [0.25, 0.3) is 11.0 Å². The van der Waals surface area contributed by atoms with Crippen LogP contribution in [0.15, 0.2) is 24.3 Å². The van der Waals surface area contributed by atoms with E-state index in [2.05, 4.69) is 37.1 Å². The van der Waals surface area contributed by atoms with Crippen molar-refractivity contribution in [2.45, 2.75) is 52.0 Å². The van der Waals surface area contributed by atoms with Crippen molar-refractivity contribution in [1.82, 2.24) is 15.3 Å². The molecule has 1 N–H and O–H groups in total. The maximum absolute atomic E-state index is 12.9. The first-order valence-corrected chi connectivity index (χ1v) is 10.9. The summed E-state index contributed by atoms with van der Waals surface area (Å²) in [4.78, 5) is 24.5. The van der Waals surface area contributed by atoms with Gasteiger partial charge in [-0.2, -0.15) is 5.26 Å². The molecule has 1 aliphatic rings. The smallest absolute Gasteiger partial charge is 0.329 e. The fourth-order valence-corrected chi connectivity index (χ4v) is 3.76. The fourth-order valence-electron chi connectivity index (χ4n) is 3.76. The minimum absolute atomic E-state index is 0.300. The van der Waals surface area contributed by atoms with E-state index in [1.54, 1.807) is 0 Å². The Bertz CT molecular complexity index is 906. The average molecular weight is 410 g/mol. The predicted octanol–water partition coefficient (Wildman–Crippen LogP) is 3.40. The number of aromatic nitrogens is 2. The van der Waals surface area contributed by atoms with E-state index in [9.17, 15) is 10.1 Å². The highest BCUT2D eigenvalue weighted by atomic mass is 16.5. The Kier molecular flexibility index (Phi) is 7.58. The third-order valence-corrected chi connectivity index (χ3v) is 5.88. The van der Waals surface area contributed by atoms with Crippen LogP contribution in [-0.2, 0) is 9.53 Å². The van der Waals surface area contributed by atoms with E-state index in [0.717, 1.165) is 44.4 Å². The van der Waals surface area contributed by atoms with Crippen molar-refractivity contribution in [2.24, 2.45) is 5.92 Å². The van der Waals surface area contributed by atoms with Crippen LogP contribution < -0.4 is 10.2 Å². The molecule has 1 aromatic carbocycles. The van der Waals surface area contributed by atoms with Crippen molar-refractivity contribution >= 4 is 22.8 Å². The Labute approximate surface area is 178 Å². The molecule has 0 aliphatic carbocycles. The SMILES string of the molecule is CCC(CC)COC(=O)C(C#N)c1nc2ccccc2nc1N1CCN[C@@H](CC)C1. The first-order valence-electron chi connectivity index (χ1n) is 10.9. The van der Waals surface area contributed by atoms with Gasteiger partial charge < -0.3 is 15.0 Å². The van der Waals surface area contributed by atoms with Crippen LogP contribution in [0.1, 0.15) is 51.6 Å². The van der Waals surface area contributed by atoms with Crippen LogP contribution >= 0.6 is 0 Å². The van der Waals surface area contributed by atoms with E-state index in [-0.39, 0.29) is 0 Å². The lowest BCUT2D eigenvalue weighted by Gasteiger charge is -2.35. The number of ether oxygens (including phenoxy) is 1. The standard InChI is InChI=1S/C23H31N5O2/c1-4-16(5-2)15-30-23(29)18(13-24)21-22(28-12-11-25-17(6-3)14-28)27-20-10-8-7-9-19(20)26-21/h7-10,16-18,25H,4-6,11-12,14-15H2,1-3H3/t17-,18?/m0/s1. The number of hydrogen-bond donors (Lipinski definition) is 1. The van der Waals surface area contributed by atoms with Gasteiger partial charge in [-0.1, -0.05) is 45.7 Å². The Morgan fingerprint density at radius 2 is 1.97 bits per heavy atom. The zero-order chi connectivity index (χ0) is 21.5. The summed E-state index contributed by atoms with van der Waals surface area (Å²) in [6.45, 7) is 8.95. The Balaban J connectivity index is 1.97. The molecule has 2 aromatic rings. The number of anilines is 1. The molecular weight excluding hydrogens is 378 g/mol. The molecule has 1 aliphatic heterocycles. The van der Waals surface area contributed by atoms with Crippen LogP contribution in [0, 0.1) is 17.2 Å². The molecule has 7 nitrogen and oxygen atoms in total. The number of nitriles is 1. The molecule has 160 valence electrons. The lowest BCUT2D eigenvalue weighted by Crippen LogP contribution is -2.51. The number of esters is 1. The molecule has 7 heteroatoms. The van der Waals surface area contributed by atoms with Crippen LogP contribution in [0.4, 0.5) is 5.82 Å². The van der Waals surface area contributed by atoms with Crippen molar-refractivity contribution in [3.63, 3.8) is 0 Å². The summed E-state index contributed by atoms with van der Waals surface area (Å²) in [5.74, 6) is -0.729. The Morgan fingerprint density at radius 3 is 2.60 bits per heavy atom. The molecule has 1 aromatic heterocycles. The van der Waals surface area contributed by atoms with E-state index < -0.39 is 11.9 Å². The molecule has 2 heterocycles. The highest BCUT2D eigenvalue weighted by molar-refractivity contribution is 5.85. The largest absolute Gasteiger partial charge is 0.464 e. The molecule has 2 atom stereocenters. The number of fused-ring (bicyclic) bond motifs is 1. The number of piperazine rings is 1.